The van der Waals surface area contributed by atoms with Gasteiger partial charge < -0.3 is 20.5 Å². The molecule has 4 rings (SSSR count). The van der Waals surface area contributed by atoms with Crippen molar-refractivity contribution >= 4 is 11.8 Å². The maximum atomic E-state index is 13.5. The van der Waals surface area contributed by atoms with E-state index in [-0.39, 0.29) is 47.6 Å². The number of aliphatic hydroxyl groups excluding tert-OH is 1. The molecule has 3 fully saturated rings. The van der Waals surface area contributed by atoms with Crippen molar-refractivity contribution in [3.8, 4) is 5.75 Å². The number of aliphatic hydroxyl groups is 1. The second-order valence-electron chi connectivity index (χ2n) is 11.5. The van der Waals surface area contributed by atoms with Crippen molar-refractivity contribution in [2.45, 2.75) is 65.3 Å². The van der Waals surface area contributed by atoms with E-state index in [9.17, 15) is 14.7 Å². The summed E-state index contributed by atoms with van der Waals surface area (Å²) >= 11 is 0. The summed E-state index contributed by atoms with van der Waals surface area (Å²) in [4.78, 5) is 26.9. The van der Waals surface area contributed by atoms with Crippen molar-refractivity contribution in [2.24, 2.45) is 29.1 Å². The number of benzene rings is 1. The normalized spacial score (nSPS) is 27.1. The summed E-state index contributed by atoms with van der Waals surface area (Å²) < 4.78 is 5.48. The van der Waals surface area contributed by atoms with Gasteiger partial charge in [0.25, 0.3) is 5.91 Å². The smallest absolute Gasteiger partial charge is 0.255 e. The summed E-state index contributed by atoms with van der Waals surface area (Å²) in [5.74, 6) is 1.23. The zero-order chi connectivity index (χ0) is 24.5. The zero-order valence-electron chi connectivity index (χ0n) is 21.0. The molecular formula is C28H40N2O4. The molecule has 3 aliphatic rings. The van der Waals surface area contributed by atoms with Crippen LogP contribution in [-0.2, 0) is 11.2 Å². The minimum absolute atomic E-state index is 0.00107. The molecule has 0 saturated heterocycles. The first-order valence-electron chi connectivity index (χ1n) is 12.8. The molecule has 3 N–H and O–H groups in total. The molecule has 0 radical (unpaired) electrons. The lowest BCUT2D eigenvalue weighted by atomic mass is 9.83. The fourth-order valence-electron chi connectivity index (χ4n) is 5.63. The van der Waals surface area contributed by atoms with E-state index in [1.165, 1.54) is 18.4 Å². The summed E-state index contributed by atoms with van der Waals surface area (Å²) in [5, 5.41) is 15.6. The highest BCUT2D eigenvalue weighted by atomic mass is 16.5. The fourth-order valence-corrected chi connectivity index (χ4v) is 5.63. The van der Waals surface area contributed by atoms with E-state index in [1.807, 2.05) is 18.2 Å². The standard InChI is InChI=1S/C28H40N2O4/c1-28(2,3)16-29-27(33)24-19-10-11-20(21(19)14-18-7-8-18)25(24)30-26(32)22-15-17(6-5-13-31)9-12-23(22)34-4/h9,12,14-15,18-20,24-25,31H,5-8,10-11,13,16H2,1-4H3,(H,29,33)(H,30,32)/b21-14-/t19-,20+,24-,25+/m0/s1. The van der Waals surface area contributed by atoms with Gasteiger partial charge in [-0.1, -0.05) is 38.5 Å². The summed E-state index contributed by atoms with van der Waals surface area (Å²) in [6, 6.07) is 5.39. The molecular weight excluding hydrogens is 428 g/mol. The van der Waals surface area contributed by atoms with Gasteiger partial charge >= 0.3 is 0 Å². The summed E-state index contributed by atoms with van der Waals surface area (Å²) in [6.07, 6.45) is 8.26. The number of allylic oxidation sites excluding steroid dienone is 1. The lowest BCUT2D eigenvalue weighted by Crippen LogP contribution is -2.50. The average Bonchev–Trinajstić information content (AvgIpc) is 3.48. The van der Waals surface area contributed by atoms with E-state index in [2.05, 4.69) is 37.5 Å². The number of rotatable bonds is 9. The van der Waals surface area contributed by atoms with Crippen molar-refractivity contribution < 1.29 is 19.4 Å². The number of methoxy groups -OCH3 is 1. The SMILES string of the molecule is COc1ccc(CCCO)cc1C(=O)N[C@H]1[C@@H](C(=O)NCC(C)(C)C)[C@H]2CC[C@@H]1/C2=C\C1CC1. The Morgan fingerprint density at radius 3 is 2.53 bits per heavy atom. The molecule has 1 aromatic carbocycles. The largest absolute Gasteiger partial charge is 0.496 e. The van der Waals surface area contributed by atoms with Crippen LogP contribution in [0.3, 0.4) is 0 Å². The second-order valence-corrected chi connectivity index (χ2v) is 11.5. The topological polar surface area (TPSA) is 87.7 Å². The minimum atomic E-state index is -0.237. The van der Waals surface area contributed by atoms with Gasteiger partial charge in [0.05, 0.1) is 18.6 Å². The molecule has 186 valence electrons. The van der Waals surface area contributed by atoms with Gasteiger partial charge in [-0.2, -0.15) is 0 Å². The van der Waals surface area contributed by atoms with Crippen molar-refractivity contribution in [1.82, 2.24) is 10.6 Å². The Balaban J connectivity index is 1.58. The van der Waals surface area contributed by atoms with Gasteiger partial charge in [0.1, 0.15) is 5.75 Å². The van der Waals surface area contributed by atoms with E-state index >= 15 is 0 Å². The molecule has 6 nitrogen and oxygen atoms in total. The van der Waals surface area contributed by atoms with Crippen LogP contribution in [0.5, 0.6) is 5.75 Å². The molecule has 2 bridgehead atoms. The van der Waals surface area contributed by atoms with Crippen molar-refractivity contribution in [3.05, 3.63) is 41.0 Å². The molecule has 0 aliphatic heterocycles. The minimum Gasteiger partial charge on any atom is -0.496 e. The molecule has 2 amide bonds. The lowest BCUT2D eigenvalue weighted by Gasteiger charge is -2.31. The predicted molar refractivity (Wildman–Crippen MR) is 133 cm³/mol. The Kier molecular flexibility index (Phi) is 7.36. The van der Waals surface area contributed by atoms with Gasteiger partial charge in [0.15, 0.2) is 0 Å². The van der Waals surface area contributed by atoms with Crippen molar-refractivity contribution in [1.29, 1.82) is 0 Å². The predicted octanol–water partition coefficient (Wildman–Crippen LogP) is 3.87. The number of ether oxygens (including phenoxy) is 1. The van der Waals surface area contributed by atoms with Crippen LogP contribution in [0.25, 0.3) is 0 Å². The highest BCUT2D eigenvalue weighted by molar-refractivity contribution is 5.98. The van der Waals surface area contributed by atoms with Crippen LogP contribution in [-0.4, -0.2) is 43.2 Å². The van der Waals surface area contributed by atoms with Gasteiger partial charge in [-0.15, -0.1) is 0 Å². The zero-order valence-corrected chi connectivity index (χ0v) is 21.0. The van der Waals surface area contributed by atoms with Crippen LogP contribution in [0.15, 0.2) is 29.8 Å². The fraction of sp³-hybridized carbons (Fsp3) is 0.643. The first kappa shape index (κ1) is 24.8. The first-order chi connectivity index (χ1) is 16.2. The third-order valence-electron chi connectivity index (χ3n) is 7.47. The number of fused-ring (bicyclic) bond motifs is 2. The average molecular weight is 469 g/mol. The van der Waals surface area contributed by atoms with Crippen LogP contribution in [0.2, 0.25) is 0 Å². The molecule has 0 aromatic heterocycles. The molecule has 1 aromatic rings. The van der Waals surface area contributed by atoms with E-state index in [4.69, 9.17) is 4.74 Å². The number of nitrogens with one attached hydrogen (secondary N) is 2. The number of carbonyl (C=O) groups excluding carboxylic acids is 2. The lowest BCUT2D eigenvalue weighted by molar-refractivity contribution is -0.127. The van der Waals surface area contributed by atoms with Crippen LogP contribution < -0.4 is 15.4 Å². The molecule has 6 heteroatoms. The van der Waals surface area contributed by atoms with Gasteiger partial charge in [-0.05, 0) is 73.5 Å². The Morgan fingerprint density at radius 1 is 1.15 bits per heavy atom. The van der Waals surface area contributed by atoms with Crippen LogP contribution in [0.4, 0.5) is 0 Å². The van der Waals surface area contributed by atoms with Crippen LogP contribution in [0, 0.1) is 29.1 Å². The van der Waals surface area contributed by atoms with Crippen molar-refractivity contribution in [3.63, 3.8) is 0 Å². The van der Waals surface area contributed by atoms with E-state index < -0.39 is 0 Å². The molecule has 34 heavy (non-hydrogen) atoms. The van der Waals surface area contributed by atoms with Crippen LogP contribution >= 0.6 is 0 Å². The summed E-state index contributed by atoms with van der Waals surface area (Å²) in [7, 11) is 1.57. The van der Waals surface area contributed by atoms with Gasteiger partial charge in [0.2, 0.25) is 5.91 Å². The monoisotopic (exact) mass is 468 g/mol. The summed E-state index contributed by atoms with van der Waals surface area (Å²) in [5.41, 5.74) is 2.87. The van der Waals surface area contributed by atoms with Gasteiger partial charge in [-0.25, -0.2) is 0 Å². The third-order valence-corrected chi connectivity index (χ3v) is 7.47. The van der Waals surface area contributed by atoms with Gasteiger partial charge in [0, 0.05) is 25.1 Å². The van der Waals surface area contributed by atoms with Crippen molar-refractivity contribution in [2.75, 3.05) is 20.3 Å². The Labute approximate surface area is 203 Å². The quantitative estimate of drug-likeness (QED) is 0.480. The molecule has 0 heterocycles. The number of hydrogen-bond donors (Lipinski definition) is 3. The third kappa shape index (κ3) is 5.48. The Bertz CT molecular complexity index is 944. The second kappa shape index (κ2) is 10.1. The van der Waals surface area contributed by atoms with E-state index in [1.54, 1.807) is 7.11 Å². The first-order valence-corrected chi connectivity index (χ1v) is 12.8. The maximum Gasteiger partial charge on any atom is 0.255 e. The Morgan fingerprint density at radius 2 is 1.88 bits per heavy atom. The highest BCUT2D eigenvalue weighted by Crippen LogP contribution is 2.54. The highest BCUT2D eigenvalue weighted by Gasteiger charge is 2.55. The number of hydrogen-bond acceptors (Lipinski definition) is 4. The number of carbonyl (C=O) groups is 2. The molecule has 0 spiro atoms. The molecule has 4 atom stereocenters. The van der Waals surface area contributed by atoms with E-state index in [0.29, 0.717) is 36.6 Å². The molecule has 3 aliphatic carbocycles. The van der Waals surface area contributed by atoms with Crippen LogP contribution in [0.1, 0.15) is 68.8 Å². The number of aryl methyl sites for hydroxylation is 1. The van der Waals surface area contributed by atoms with E-state index in [0.717, 1.165) is 18.4 Å². The Hall–Kier alpha value is -2.34. The maximum absolute atomic E-state index is 13.5. The molecule has 3 saturated carbocycles. The summed E-state index contributed by atoms with van der Waals surface area (Å²) in [6.45, 7) is 7.06. The van der Waals surface area contributed by atoms with Gasteiger partial charge in [-0.3, -0.25) is 9.59 Å². The number of amides is 2. The molecule has 0 unspecified atom stereocenters.